The van der Waals surface area contributed by atoms with Gasteiger partial charge in [0.2, 0.25) is 0 Å². The van der Waals surface area contributed by atoms with Gasteiger partial charge in [-0.2, -0.15) is 13.2 Å². The summed E-state index contributed by atoms with van der Waals surface area (Å²) in [5, 5.41) is 0.252. The molecule has 1 aromatic heterocycles. The zero-order valence-corrected chi connectivity index (χ0v) is 16.6. The first-order valence-electron chi connectivity index (χ1n) is 8.50. The molecule has 1 unspecified atom stereocenters. The second kappa shape index (κ2) is 6.81. The van der Waals surface area contributed by atoms with E-state index in [1.807, 2.05) is 6.92 Å². The van der Waals surface area contributed by atoms with Crippen molar-refractivity contribution in [2.45, 2.75) is 28.1 Å². The van der Waals surface area contributed by atoms with Crippen LogP contribution in [0, 0.1) is 0 Å². The van der Waals surface area contributed by atoms with Crippen molar-refractivity contribution in [1.82, 2.24) is 0 Å². The van der Waals surface area contributed by atoms with Crippen LogP contribution in [0.15, 0.2) is 67.5 Å². The van der Waals surface area contributed by atoms with Crippen molar-refractivity contribution < 1.29 is 26.0 Å². The maximum atomic E-state index is 13.3. The summed E-state index contributed by atoms with van der Waals surface area (Å²) in [5.74, 6) is 0. The van der Waals surface area contributed by atoms with Crippen LogP contribution < -0.4 is 9.93 Å². The summed E-state index contributed by atoms with van der Waals surface area (Å²) in [6.07, 6.45) is -4.58. The lowest BCUT2D eigenvalue weighted by atomic mass is 10.2. The largest absolute Gasteiger partial charge is 0.423 e. The Hall–Kier alpha value is -2.46. The molecule has 4 rings (SSSR count). The van der Waals surface area contributed by atoms with Crippen LogP contribution in [0.25, 0.3) is 11.0 Å². The number of alkyl halides is 3. The number of benzene rings is 2. The smallest absolute Gasteiger partial charge is 0.416 e. The van der Waals surface area contributed by atoms with Crippen LogP contribution in [-0.2, 0) is 16.2 Å². The maximum Gasteiger partial charge on any atom is 0.416 e. The second-order valence-electron chi connectivity index (χ2n) is 6.60. The van der Waals surface area contributed by atoms with Crippen LogP contribution in [0.5, 0.6) is 0 Å². The monoisotopic (exact) mass is 441 g/mol. The molecule has 10 heteroatoms. The van der Waals surface area contributed by atoms with Crippen LogP contribution in [0.1, 0.15) is 12.5 Å². The van der Waals surface area contributed by atoms with E-state index in [9.17, 15) is 26.4 Å². The number of sulfonamides is 1. The number of hydrogen-bond acceptors (Lipinski definition) is 5. The number of halogens is 3. The van der Waals surface area contributed by atoms with Crippen LogP contribution in [-0.4, -0.2) is 20.2 Å². The van der Waals surface area contributed by atoms with E-state index in [-0.39, 0.29) is 28.0 Å². The van der Waals surface area contributed by atoms with Gasteiger partial charge in [0.25, 0.3) is 10.0 Å². The number of nitrogens with zero attached hydrogens (tertiary/aromatic N) is 1. The Balaban J connectivity index is 1.85. The van der Waals surface area contributed by atoms with Gasteiger partial charge in [0, 0.05) is 28.1 Å². The van der Waals surface area contributed by atoms with Crippen LogP contribution in [0.3, 0.4) is 0 Å². The molecule has 2 aromatic carbocycles. The Morgan fingerprint density at radius 2 is 1.86 bits per heavy atom. The van der Waals surface area contributed by atoms with Crippen molar-refractivity contribution in [2.75, 3.05) is 10.8 Å². The van der Waals surface area contributed by atoms with Crippen molar-refractivity contribution in [3.8, 4) is 0 Å². The molecule has 0 fully saturated rings. The minimum atomic E-state index is -4.58. The highest BCUT2D eigenvalue weighted by Crippen LogP contribution is 2.44. The molecular formula is C19H14F3NO4S2. The van der Waals surface area contributed by atoms with Gasteiger partial charge < -0.3 is 4.42 Å². The average Bonchev–Trinajstić information content (AvgIpc) is 2.65. The summed E-state index contributed by atoms with van der Waals surface area (Å²) in [7, 11) is -4.14. The fourth-order valence-corrected chi connectivity index (χ4v) is 5.99. The number of anilines is 1. The van der Waals surface area contributed by atoms with E-state index in [1.54, 1.807) is 0 Å². The summed E-state index contributed by atoms with van der Waals surface area (Å²) >= 11 is 1.33. The molecule has 5 nitrogen and oxygen atoms in total. The average molecular weight is 441 g/mol. The first kappa shape index (κ1) is 19.8. The van der Waals surface area contributed by atoms with Crippen molar-refractivity contribution in [2.24, 2.45) is 0 Å². The molecule has 29 heavy (non-hydrogen) atoms. The first-order chi connectivity index (χ1) is 13.6. The summed E-state index contributed by atoms with van der Waals surface area (Å²) in [5.41, 5.74) is -1.25. The van der Waals surface area contributed by atoms with Crippen molar-refractivity contribution in [3.05, 3.63) is 64.5 Å². The second-order valence-corrected chi connectivity index (χ2v) is 9.94. The zero-order chi connectivity index (χ0) is 21.0. The molecule has 3 aromatic rings. The van der Waals surface area contributed by atoms with Gasteiger partial charge in [-0.1, -0.05) is 6.92 Å². The quantitative estimate of drug-likeness (QED) is 0.548. The molecule has 0 N–H and O–H groups in total. The molecule has 0 aliphatic carbocycles. The highest BCUT2D eigenvalue weighted by molar-refractivity contribution is 8.00. The number of hydrogen-bond donors (Lipinski definition) is 0. The van der Waals surface area contributed by atoms with Crippen molar-refractivity contribution in [1.29, 1.82) is 0 Å². The third kappa shape index (κ3) is 3.62. The molecule has 0 bridgehead atoms. The Labute approximate surface area is 168 Å². The Morgan fingerprint density at radius 3 is 2.59 bits per heavy atom. The maximum absolute atomic E-state index is 13.3. The lowest BCUT2D eigenvalue weighted by Crippen LogP contribution is -2.38. The van der Waals surface area contributed by atoms with Crippen LogP contribution in [0.4, 0.5) is 18.9 Å². The minimum absolute atomic E-state index is 0.00242. The molecule has 0 radical (unpaired) electrons. The lowest BCUT2D eigenvalue weighted by molar-refractivity contribution is -0.137. The molecular weight excluding hydrogens is 427 g/mol. The first-order valence-corrected chi connectivity index (χ1v) is 10.8. The SMILES string of the molecule is CC1CN(S(=O)(=O)c2ccc3oc(=O)ccc3c2)c2cc(C(F)(F)F)ccc2S1. The van der Waals surface area contributed by atoms with E-state index in [1.165, 1.54) is 48.2 Å². The standard InChI is InChI=1S/C19H14F3NO4S2/c1-11-10-23(15-9-13(19(20,21)22)3-6-17(15)28-11)29(25,26)14-4-5-16-12(8-14)2-7-18(24)27-16/h2-9,11H,10H2,1H3. The number of fused-ring (bicyclic) bond motifs is 2. The Morgan fingerprint density at radius 1 is 1.10 bits per heavy atom. The highest BCUT2D eigenvalue weighted by atomic mass is 32.2. The van der Waals surface area contributed by atoms with Crippen molar-refractivity contribution in [3.63, 3.8) is 0 Å². The molecule has 1 atom stereocenters. The molecule has 0 spiro atoms. The molecule has 1 aliphatic heterocycles. The minimum Gasteiger partial charge on any atom is -0.423 e. The molecule has 1 aliphatic rings. The van der Waals surface area contributed by atoms with Gasteiger partial charge in [0.15, 0.2) is 0 Å². The van der Waals surface area contributed by atoms with Gasteiger partial charge in [-0.05, 0) is 42.5 Å². The van der Waals surface area contributed by atoms with E-state index in [0.717, 1.165) is 16.4 Å². The van der Waals surface area contributed by atoms with E-state index < -0.39 is 27.4 Å². The third-order valence-electron chi connectivity index (χ3n) is 4.48. The molecule has 0 amide bonds. The summed E-state index contributed by atoms with van der Waals surface area (Å²) in [6, 6.07) is 9.70. The normalized spacial score (nSPS) is 17.4. The van der Waals surface area contributed by atoms with E-state index in [4.69, 9.17) is 4.42 Å². The van der Waals surface area contributed by atoms with Gasteiger partial charge in [0.05, 0.1) is 16.1 Å². The van der Waals surface area contributed by atoms with Crippen LogP contribution in [0.2, 0.25) is 0 Å². The lowest BCUT2D eigenvalue weighted by Gasteiger charge is -2.34. The predicted octanol–water partition coefficient (Wildman–Crippen LogP) is 4.50. The van der Waals surface area contributed by atoms with Gasteiger partial charge in [0.1, 0.15) is 5.58 Å². The van der Waals surface area contributed by atoms with Gasteiger partial charge in [-0.25, -0.2) is 13.2 Å². The highest BCUT2D eigenvalue weighted by Gasteiger charge is 2.36. The third-order valence-corrected chi connectivity index (χ3v) is 7.41. The predicted molar refractivity (Wildman–Crippen MR) is 104 cm³/mol. The summed E-state index contributed by atoms with van der Waals surface area (Å²) in [6.45, 7) is 1.84. The van der Waals surface area contributed by atoms with E-state index in [2.05, 4.69) is 0 Å². The van der Waals surface area contributed by atoms with Gasteiger partial charge in [-0.3, -0.25) is 4.31 Å². The summed E-state index contributed by atoms with van der Waals surface area (Å²) in [4.78, 5) is 11.7. The van der Waals surface area contributed by atoms with E-state index in [0.29, 0.717) is 10.3 Å². The molecule has 0 saturated carbocycles. The zero-order valence-electron chi connectivity index (χ0n) is 14.9. The number of thioether (sulfide) groups is 1. The van der Waals surface area contributed by atoms with Crippen molar-refractivity contribution >= 4 is 38.4 Å². The summed E-state index contributed by atoms with van der Waals surface area (Å²) < 4.78 is 72.2. The van der Waals surface area contributed by atoms with E-state index >= 15 is 0 Å². The molecule has 152 valence electrons. The van der Waals surface area contributed by atoms with Gasteiger partial charge in [-0.15, -0.1) is 11.8 Å². The Bertz CT molecular complexity index is 1270. The Kier molecular flexibility index (Phi) is 4.66. The fourth-order valence-electron chi connectivity index (χ4n) is 3.14. The molecule has 0 saturated heterocycles. The molecule has 2 heterocycles. The number of rotatable bonds is 2. The fraction of sp³-hybridized carbons (Fsp3) is 0.211. The van der Waals surface area contributed by atoms with Gasteiger partial charge >= 0.3 is 11.8 Å². The van der Waals surface area contributed by atoms with Crippen LogP contribution >= 0.6 is 11.8 Å². The topological polar surface area (TPSA) is 67.6 Å².